The van der Waals surface area contributed by atoms with E-state index >= 15 is 0 Å². The van der Waals surface area contributed by atoms with Crippen LogP contribution in [0.4, 0.5) is 4.79 Å². The number of carbonyl (C=O) groups excluding carboxylic acids is 1. The molecule has 190 valence electrons. The van der Waals surface area contributed by atoms with Crippen molar-refractivity contribution in [3.05, 3.63) is 53.5 Å². The number of amides is 2. The number of benzene rings is 2. The average molecular weight is 497 g/mol. The number of urea groups is 1. The van der Waals surface area contributed by atoms with E-state index in [2.05, 4.69) is 15.5 Å². The molecule has 2 aromatic carbocycles. The molecule has 0 radical (unpaired) electrons. The number of aromatic nitrogens is 2. The monoisotopic (exact) mass is 496 g/mol. The molecule has 4 rings (SSSR count). The maximum atomic E-state index is 13.0. The van der Waals surface area contributed by atoms with E-state index in [4.69, 9.17) is 23.5 Å². The van der Waals surface area contributed by atoms with E-state index in [1.165, 1.54) is 13.2 Å². The zero-order chi connectivity index (χ0) is 25.8. The lowest BCUT2D eigenvalue weighted by Crippen LogP contribution is -2.47. The lowest BCUT2D eigenvalue weighted by molar-refractivity contribution is 0.158. The fourth-order valence-corrected chi connectivity index (χ4v) is 4.07. The third-order valence-corrected chi connectivity index (χ3v) is 5.95. The molecule has 11 heteroatoms. The van der Waals surface area contributed by atoms with Gasteiger partial charge in [-0.25, -0.2) is 4.79 Å². The average Bonchev–Trinajstić information content (AvgIpc) is 3.37. The number of carbonyl (C=O) groups is 1. The molecule has 0 spiro atoms. The van der Waals surface area contributed by atoms with Gasteiger partial charge in [0.15, 0.2) is 23.0 Å². The molecule has 1 atom stereocenters. The molecule has 1 aliphatic heterocycles. The van der Waals surface area contributed by atoms with E-state index in [0.717, 1.165) is 0 Å². The lowest BCUT2D eigenvalue weighted by atomic mass is 9.94. The summed E-state index contributed by atoms with van der Waals surface area (Å²) in [7, 11) is 6.14. The number of rotatable bonds is 9. The molecule has 3 aromatic rings. The maximum absolute atomic E-state index is 13.0. The van der Waals surface area contributed by atoms with Gasteiger partial charge in [-0.2, -0.15) is 4.98 Å². The molecule has 2 amide bonds. The molecule has 0 aliphatic carbocycles. The van der Waals surface area contributed by atoms with Crippen LogP contribution in [0.15, 0.2) is 46.6 Å². The van der Waals surface area contributed by atoms with Gasteiger partial charge in [-0.3, -0.25) is 4.90 Å². The third-order valence-electron chi connectivity index (χ3n) is 5.95. The molecular formula is C25H28N4O7. The molecular weight excluding hydrogens is 468 g/mol. The van der Waals surface area contributed by atoms with Crippen molar-refractivity contribution >= 4 is 11.6 Å². The molecule has 2 N–H and O–H groups in total. The summed E-state index contributed by atoms with van der Waals surface area (Å²) in [6, 6.07) is 9.25. The van der Waals surface area contributed by atoms with Crippen molar-refractivity contribution in [2.45, 2.75) is 13.0 Å². The summed E-state index contributed by atoms with van der Waals surface area (Å²) < 4.78 is 26.7. The summed E-state index contributed by atoms with van der Waals surface area (Å²) in [5.74, 6) is 1.92. The quantitative estimate of drug-likeness (QED) is 0.456. The van der Waals surface area contributed by atoms with Crippen molar-refractivity contribution < 1.29 is 33.4 Å². The minimum atomic E-state index is -0.660. The number of ether oxygens (including phenoxy) is 4. The first-order valence-corrected chi connectivity index (χ1v) is 11.1. The number of phenolic OH excluding ortho intramolecular Hbond substituents is 1. The Morgan fingerprint density at radius 3 is 2.42 bits per heavy atom. The topological polar surface area (TPSA) is 128 Å². The number of nitrogens with zero attached hydrogens (tertiary/aromatic N) is 3. The van der Waals surface area contributed by atoms with Crippen LogP contribution < -0.4 is 19.5 Å². The number of methoxy groups -OCH3 is 4. The summed E-state index contributed by atoms with van der Waals surface area (Å²) in [6.45, 7) is 2.47. The zero-order valence-electron chi connectivity index (χ0n) is 20.7. The molecule has 0 saturated heterocycles. The van der Waals surface area contributed by atoms with Gasteiger partial charge < -0.3 is 33.9 Å². The number of aromatic hydroxyl groups is 1. The van der Waals surface area contributed by atoms with E-state index in [-0.39, 0.29) is 17.7 Å². The first kappa shape index (κ1) is 24.9. The fraction of sp³-hybridized carbons (Fsp3) is 0.320. The maximum Gasteiger partial charge on any atom is 0.322 e. The Kier molecular flexibility index (Phi) is 7.30. The van der Waals surface area contributed by atoms with Gasteiger partial charge in [-0.1, -0.05) is 11.2 Å². The highest BCUT2D eigenvalue weighted by Crippen LogP contribution is 2.40. The first-order valence-electron chi connectivity index (χ1n) is 11.1. The lowest BCUT2D eigenvalue weighted by Gasteiger charge is -2.35. The summed E-state index contributed by atoms with van der Waals surface area (Å²) in [6.07, 6.45) is 0. The van der Waals surface area contributed by atoms with Gasteiger partial charge >= 0.3 is 6.03 Å². The van der Waals surface area contributed by atoms with Crippen molar-refractivity contribution in [2.75, 3.05) is 41.6 Å². The van der Waals surface area contributed by atoms with Crippen LogP contribution in [0.25, 0.3) is 17.0 Å². The van der Waals surface area contributed by atoms with Gasteiger partial charge in [0, 0.05) is 18.4 Å². The summed E-state index contributed by atoms with van der Waals surface area (Å²) >= 11 is 0. The van der Waals surface area contributed by atoms with Crippen molar-refractivity contribution in [3.8, 4) is 34.4 Å². The Bertz CT molecular complexity index is 1290. The van der Waals surface area contributed by atoms with Crippen LogP contribution in [-0.4, -0.2) is 67.8 Å². The largest absolute Gasteiger partial charge is 0.504 e. The second-order valence-corrected chi connectivity index (χ2v) is 7.95. The van der Waals surface area contributed by atoms with Gasteiger partial charge in [0.05, 0.1) is 46.1 Å². The van der Waals surface area contributed by atoms with Crippen molar-refractivity contribution in [3.63, 3.8) is 0 Å². The Balaban J connectivity index is 1.80. The van der Waals surface area contributed by atoms with Crippen LogP contribution in [-0.2, 0) is 4.74 Å². The number of nitrogens with one attached hydrogen (secondary N) is 1. The molecule has 0 saturated carbocycles. The van der Waals surface area contributed by atoms with Crippen LogP contribution in [0.3, 0.4) is 0 Å². The summed E-state index contributed by atoms with van der Waals surface area (Å²) in [5, 5.41) is 17.5. The van der Waals surface area contributed by atoms with Crippen molar-refractivity contribution in [1.29, 1.82) is 0 Å². The first-order chi connectivity index (χ1) is 17.4. The highest BCUT2D eigenvalue weighted by atomic mass is 16.5. The van der Waals surface area contributed by atoms with Gasteiger partial charge in [0.25, 0.3) is 5.89 Å². The van der Waals surface area contributed by atoms with E-state index in [1.54, 1.807) is 63.5 Å². The number of phenols is 1. The molecule has 2 heterocycles. The fourth-order valence-electron chi connectivity index (χ4n) is 4.07. The number of allylic oxidation sites excluding steroid dienone is 1. The summed E-state index contributed by atoms with van der Waals surface area (Å²) in [5.41, 5.74) is 2.50. The van der Waals surface area contributed by atoms with E-state index < -0.39 is 6.04 Å². The van der Waals surface area contributed by atoms with Crippen LogP contribution in [0, 0.1) is 0 Å². The second-order valence-electron chi connectivity index (χ2n) is 7.95. The van der Waals surface area contributed by atoms with E-state index in [1.807, 2.05) is 0 Å². The van der Waals surface area contributed by atoms with Crippen LogP contribution in [0.1, 0.15) is 24.4 Å². The predicted octanol–water partition coefficient (Wildman–Crippen LogP) is 3.61. The minimum Gasteiger partial charge on any atom is -0.504 e. The van der Waals surface area contributed by atoms with Gasteiger partial charge in [-0.05, 0) is 42.8 Å². The molecule has 0 fully saturated rings. The summed E-state index contributed by atoms with van der Waals surface area (Å²) in [4.78, 5) is 19.2. The van der Waals surface area contributed by atoms with Crippen molar-refractivity contribution in [1.82, 2.24) is 20.4 Å². The van der Waals surface area contributed by atoms with E-state index in [0.29, 0.717) is 58.6 Å². The predicted molar refractivity (Wildman–Crippen MR) is 130 cm³/mol. The normalized spacial score (nSPS) is 15.6. The molecule has 1 aliphatic rings. The van der Waals surface area contributed by atoms with E-state index in [9.17, 15) is 9.90 Å². The number of hydrogen-bond donors (Lipinski definition) is 2. The second kappa shape index (κ2) is 10.6. The standard InChI is InChI=1S/C25H28N4O7/c1-14-21(24-27-23(28-36-24)16-7-9-19(34-4)20(13-16)35-5)22(26-25(31)29(14)10-11-32-2)15-6-8-18(33-3)17(30)12-15/h6-9,12-13,22,30H,10-11H2,1-5H3,(H,26,31). The molecule has 11 nitrogen and oxygen atoms in total. The molecule has 1 unspecified atom stereocenters. The smallest absolute Gasteiger partial charge is 0.322 e. The molecule has 36 heavy (non-hydrogen) atoms. The molecule has 1 aromatic heterocycles. The Hall–Kier alpha value is -4.25. The third kappa shape index (κ3) is 4.65. The molecule has 0 bridgehead atoms. The highest BCUT2D eigenvalue weighted by molar-refractivity contribution is 5.87. The highest BCUT2D eigenvalue weighted by Gasteiger charge is 2.36. The van der Waals surface area contributed by atoms with Gasteiger partial charge in [0.1, 0.15) is 0 Å². The Labute approximate surface area is 208 Å². The Morgan fingerprint density at radius 2 is 1.75 bits per heavy atom. The zero-order valence-corrected chi connectivity index (χ0v) is 20.7. The van der Waals surface area contributed by atoms with Crippen LogP contribution >= 0.6 is 0 Å². The number of hydrogen-bond acceptors (Lipinski definition) is 9. The minimum absolute atomic E-state index is 0.0559. The van der Waals surface area contributed by atoms with Gasteiger partial charge in [0.2, 0.25) is 5.82 Å². The van der Waals surface area contributed by atoms with Crippen LogP contribution in [0.5, 0.6) is 23.0 Å². The van der Waals surface area contributed by atoms with Crippen molar-refractivity contribution in [2.24, 2.45) is 0 Å². The van der Waals surface area contributed by atoms with Crippen LogP contribution in [0.2, 0.25) is 0 Å². The SMILES string of the molecule is COCCN1C(=O)NC(c2ccc(OC)c(O)c2)C(c2nc(-c3ccc(OC)c(OC)c3)no2)=C1C. The Morgan fingerprint density at radius 1 is 1.03 bits per heavy atom. The van der Waals surface area contributed by atoms with Gasteiger partial charge in [-0.15, -0.1) is 0 Å².